The van der Waals surface area contributed by atoms with E-state index in [-0.39, 0.29) is 18.3 Å². The largest absolute Gasteiger partial charge is 0.484 e. The predicted octanol–water partition coefficient (Wildman–Crippen LogP) is 2.20. The third-order valence-corrected chi connectivity index (χ3v) is 3.63. The molecule has 1 aliphatic heterocycles. The van der Waals surface area contributed by atoms with E-state index in [2.05, 4.69) is 10.2 Å². The summed E-state index contributed by atoms with van der Waals surface area (Å²) in [5.74, 6) is 0.0393. The third kappa shape index (κ3) is 6.12. The van der Waals surface area contributed by atoms with E-state index in [9.17, 15) is 9.18 Å². The minimum absolute atomic E-state index is 0.0361. The van der Waals surface area contributed by atoms with E-state index >= 15 is 0 Å². The van der Waals surface area contributed by atoms with E-state index in [1.165, 1.54) is 49.9 Å². The molecule has 1 heterocycles. The molecule has 116 valence electrons. The molecule has 2 rings (SSSR count). The van der Waals surface area contributed by atoms with Crippen LogP contribution in [-0.2, 0) is 4.79 Å². The van der Waals surface area contributed by atoms with Crippen molar-refractivity contribution in [1.29, 1.82) is 0 Å². The Labute approximate surface area is 125 Å². The summed E-state index contributed by atoms with van der Waals surface area (Å²) in [7, 11) is 0. The highest BCUT2D eigenvalue weighted by Crippen LogP contribution is 2.10. The van der Waals surface area contributed by atoms with E-state index in [0.29, 0.717) is 12.3 Å². The molecule has 0 spiro atoms. The lowest BCUT2D eigenvalue weighted by Gasteiger charge is -2.19. The second-order valence-corrected chi connectivity index (χ2v) is 5.35. The van der Waals surface area contributed by atoms with Crippen LogP contribution < -0.4 is 10.1 Å². The van der Waals surface area contributed by atoms with Gasteiger partial charge in [-0.1, -0.05) is 12.8 Å². The van der Waals surface area contributed by atoms with E-state index in [4.69, 9.17) is 4.74 Å². The smallest absolute Gasteiger partial charge is 0.257 e. The Morgan fingerprint density at radius 2 is 1.81 bits per heavy atom. The summed E-state index contributed by atoms with van der Waals surface area (Å²) in [5, 5.41) is 2.85. The van der Waals surface area contributed by atoms with E-state index < -0.39 is 0 Å². The van der Waals surface area contributed by atoms with Gasteiger partial charge < -0.3 is 15.0 Å². The zero-order valence-corrected chi connectivity index (χ0v) is 12.3. The third-order valence-electron chi connectivity index (χ3n) is 3.63. The van der Waals surface area contributed by atoms with Crippen LogP contribution in [0.25, 0.3) is 0 Å². The Balaban J connectivity index is 1.59. The van der Waals surface area contributed by atoms with Crippen molar-refractivity contribution in [1.82, 2.24) is 10.2 Å². The van der Waals surface area contributed by atoms with Gasteiger partial charge in [0.1, 0.15) is 11.6 Å². The first-order chi connectivity index (χ1) is 10.2. The number of hydrogen-bond acceptors (Lipinski definition) is 3. The molecule has 1 amide bonds. The average molecular weight is 294 g/mol. The topological polar surface area (TPSA) is 41.6 Å². The number of amides is 1. The lowest BCUT2D eigenvalue weighted by atomic mass is 10.2. The maximum absolute atomic E-state index is 12.7. The van der Waals surface area contributed by atoms with Crippen LogP contribution >= 0.6 is 0 Å². The van der Waals surface area contributed by atoms with Gasteiger partial charge in [-0.15, -0.1) is 0 Å². The van der Waals surface area contributed by atoms with Gasteiger partial charge in [-0.2, -0.15) is 0 Å². The highest BCUT2D eigenvalue weighted by atomic mass is 19.1. The second-order valence-electron chi connectivity index (χ2n) is 5.35. The summed E-state index contributed by atoms with van der Waals surface area (Å²) in [5.41, 5.74) is 0. The van der Waals surface area contributed by atoms with Gasteiger partial charge in [0.15, 0.2) is 6.61 Å². The lowest BCUT2D eigenvalue weighted by Crippen LogP contribution is -2.37. The first kappa shape index (κ1) is 15.8. The number of ether oxygens (including phenoxy) is 1. The van der Waals surface area contributed by atoms with E-state index in [1.54, 1.807) is 0 Å². The molecule has 1 saturated heterocycles. The maximum Gasteiger partial charge on any atom is 0.257 e. The Morgan fingerprint density at radius 1 is 1.14 bits per heavy atom. The van der Waals surface area contributed by atoms with Gasteiger partial charge in [-0.25, -0.2) is 4.39 Å². The number of likely N-dealkylation sites (tertiary alicyclic amines) is 1. The van der Waals surface area contributed by atoms with Crippen LogP contribution in [-0.4, -0.2) is 43.6 Å². The Kier molecular flexibility index (Phi) is 6.47. The van der Waals surface area contributed by atoms with Crippen molar-refractivity contribution < 1.29 is 13.9 Å². The standard InChI is InChI=1S/C16H23FN2O2/c17-14-5-7-15(8-6-14)21-13-16(20)18-9-12-19-10-3-1-2-4-11-19/h5-8H,1-4,9-13H2,(H,18,20). The molecule has 0 radical (unpaired) electrons. The second kappa shape index (κ2) is 8.62. The van der Waals surface area contributed by atoms with Gasteiger partial charge in [0, 0.05) is 13.1 Å². The van der Waals surface area contributed by atoms with Gasteiger partial charge in [0.2, 0.25) is 0 Å². The van der Waals surface area contributed by atoms with Crippen LogP contribution in [0.5, 0.6) is 5.75 Å². The average Bonchev–Trinajstić information content (AvgIpc) is 2.75. The number of benzene rings is 1. The van der Waals surface area contributed by atoms with Crippen molar-refractivity contribution in [2.75, 3.05) is 32.8 Å². The molecule has 0 bridgehead atoms. The number of nitrogens with zero attached hydrogens (tertiary/aromatic N) is 1. The zero-order chi connectivity index (χ0) is 14.9. The maximum atomic E-state index is 12.7. The molecule has 1 N–H and O–H groups in total. The lowest BCUT2D eigenvalue weighted by molar-refractivity contribution is -0.123. The Morgan fingerprint density at radius 3 is 2.48 bits per heavy atom. The van der Waals surface area contributed by atoms with Crippen molar-refractivity contribution in [2.24, 2.45) is 0 Å². The van der Waals surface area contributed by atoms with Crippen molar-refractivity contribution in [3.8, 4) is 5.75 Å². The molecule has 5 heteroatoms. The highest BCUT2D eigenvalue weighted by molar-refractivity contribution is 5.77. The minimum Gasteiger partial charge on any atom is -0.484 e. The Bertz CT molecular complexity index is 428. The Hall–Kier alpha value is -1.62. The number of carbonyl (C=O) groups excluding carboxylic acids is 1. The highest BCUT2D eigenvalue weighted by Gasteiger charge is 2.09. The fraction of sp³-hybridized carbons (Fsp3) is 0.562. The van der Waals surface area contributed by atoms with Crippen molar-refractivity contribution in [2.45, 2.75) is 25.7 Å². The first-order valence-electron chi connectivity index (χ1n) is 7.61. The minimum atomic E-state index is -0.316. The molecule has 4 nitrogen and oxygen atoms in total. The predicted molar refractivity (Wildman–Crippen MR) is 79.8 cm³/mol. The van der Waals surface area contributed by atoms with Crippen molar-refractivity contribution in [3.63, 3.8) is 0 Å². The number of halogens is 1. The summed E-state index contributed by atoms with van der Waals surface area (Å²) >= 11 is 0. The molecule has 1 aromatic carbocycles. The van der Waals surface area contributed by atoms with E-state index in [1.807, 2.05) is 0 Å². The molecule has 0 aromatic heterocycles. The summed E-state index contributed by atoms with van der Waals surface area (Å²) in [6.07, 6.45) is 5.13. The molecule has 0 aliphatic carbocycles. The molecule has 0 atom stereocenters. The molecule has 1 aromatic rings. The molecule has 1 fully saturated rings. The molecule has 1 aliphatic rings. The van der Waals surface area contributed by atoms with Crippen LogP contribution in [0.2, 0.25) is 0 Å². The van der Waals surface area contributed by atoms with E-state index in [0.717, 1.165) is 19.6 Å². The molecule has 0 unspecified atom stereocenters. The summed E-state index contributed by atoms with van der Waals surface area (Å²) in [4.78, 5) is 14.1. The number of nitrogens with one attached hydrogen (secondary N) is 1. The van der Waals surface area contributed by atoms with Gasteiger partial charge in [0.05, 0.1) is 0 Å². The molecular formula is C16H23FN2O2. The summed E-state index contributed by atoms with van der Waals surface area (Å²) in [6, 6.07) is 5.65. The van der Waals surface area contributed by atoms with Crippen LogP contribution in [0, 0.1) is 5.82 Å². The van der Waals surface area contributed by atoms with Crippen LogP contribution in [0.1, 0.15) is 25.7 Å². The van der Waals surface area contributed by atoms with Crippen molar-refractivity contribution in [3.05, 3.63) is 30.1 Å². The molecule has 0 saturated carbocycles. The van der Waals surface area contributed by atoms with Gasteiger partial charge in [0.25, 0.3) is 5.91 Å². The fourth-order valence-electron chi connectivity index (χ4n) is 2.44. The normalized spacial score (nSPS) is 16.2. The monoisotopic (exact) mass is 294 g/mol. The summed E-state index contributed by atoms with van der Waals surface area (Å²) < 4.78 is 18.0. The zero-order valence-electron chi connectivity index (χ0n) is 12.3. The molecule has 21 heavy (non-hydrogen) atoms. The van der Waals surface area contributed by atoms with Crippen molar-refractivity contribution >= 4 is 5.91 Å². The quantitative estimate of drug-likeness (QED) is 0.874. The molecular weight excluding hydrogens is 271 g/mol. The van der Waals surface area contributed by atoms with Crippen LogP contribution in [0.4, 0.5) is 4.39 Å². The van der Waals surface area contributed by atoms with Crippen LogP contribution in [0.3, 0.4) is 0 Å². The first-order valence-corrected chi connectivity index (χ1v) is 7.61. The fourth-order valence-corrected chi connectivity index (χ4v) is 2.44. The van der Waals surface area contributed by atoms with Gasteiger partial charge >= 0.3 is 0 Å². The summed E-state index contributed by atoms with van der Waals surface area (Å²) in [6.45, 7) is 3.75. The number of rotatable bonds is 6. The SMILES string of the molecule is O=C(COc1ccc(F)cc1)NCCN1CCCCCC1. The van der Waals surface area contributed by atoms with Gasteiger partial charge in [-0.3, -0.25) is 4.79 Å². The number of carbonyl (C=O) groups is 1. The number of hydrogen-bond donors (Lipinski definition) is 1. The van der Waals surface area contributed by atoms with Gasteiger partial charge in [-0.05, 0) is 50.2 Å². The van der Waals surface area contributed by atoms with Crippen LogP contribution in [0.15, 0.2) is 24.3 Å².